The number of anilines is 1. The fourth-order valence-electron chi connectivity index (χ4n) is 3.45. The van der Waals surface area contributed by atoms with Crippen molar-refractivity contribution in [2.75, 3.05) is 5.32 Å². The number of aryl methyl sites for hydroxylation is 2. The van der Waals surface area contributed by atoms with Crippen molar-refractivity contribution in [3.8, 4) is 17.1 Å². The van der Waals surface area contributed by atoms with Crippen LogP contribution in [0.4, 0.5) is 5.69 Å². The van der Waals surface area contributed by atoms with Crippen LogP contribution in [0, 0.1) is 6.92 Å². The largest absolute Gasteiger partial charge is 0.339 e. The first-order chi connectivity index (χ1) is 15.1. The molecule has 7 nitrogen and oxygen atoms in total. The summed E-state index contributed by atoms with van der Waals surface area (Å²) in [5.74, 6) is 1.58. The van der Waals surface area contributed by atoms with Gasteiger partial charge in [-0.3, -0.25) is 4.79 Å². The van der Waals surface area contributed by atoms with Crippen molar-refractivity contribution < 1.29 is 9.32 Å². The molecule has 1 aliphatic carbocycles. The molecule has 1 aliphatic rings. The monoisotopic (exact) mass is 413 g/mol. The molecule has 0 aliphatic heterocycles. The normalized spacial score (nSPS) is 13.4. The van der Waals surface area contributed by atoms with Crippen molar-refractivity contribution in [2.45, 2.75) is 39.0 Å². The van der Waals surface area contributed by atoms with Gasteiger partial charge in [-0.2, -0.15) is 10.1 Å². The molecule has 1 amide bonds. The minimum atomic E-state index is -0.177. The van der Waals surface area contributed by atoms with E-state index in [-0.39, 0.29) is 5.91 Å². The minimum Gasteiger partial charge on any atom is -0.339 e. The quantitative estimate of drug-likeness (QED) is 0.485. The Kier molecular flexibility index (Phi) is 4.86. The molecule has 7 heteroatoms. The van der Waals surface area contributed by atoms with Gasteiger partial charge in [0.25, 0.3) is 5.91 Å². The first-order valence-electron chi connectivity index (χ1n) is 10.5. The molecule has 1 saturated carbocycles. The summed E-state index contributed by atoms with van der Waals surface area (Å²) >= 11 is 0. The lowest BCUT2D eigenvalue weighted by Crippen LogP contribution is -2.12. The Morgan fingerprint density at radius 3 is 2.55 bits per heavy atom. The summed E-state index contributed by atoms with van der Waals surface area (Å²) in [6.45, 7) is 3.93. The maximum atomic E-state index is 12.7. The molecule has 4 aromatic rings. The Hall–Kier alpha value is -3.74. The van der Waals surface area contributed by atoms with Crippen LogP contribution >= 0.6 is 0 Å². The van der Waals surface area contributed by atoms with Gasteiger partial charge in [-0.25, -0.2) is 4.68 Å². The van der Waals surface area contributed by atoms with Crippen molar-refractivity contribution in [1.82, 2.24) is 19.9 Å². The molecule has 0 saturated heterocycles. The molecule has 156 valence electrons. The molecule has 0 unspecified atom stereocenters. The topological polar surface area (TPSA) is 85.8 Å². The number of aromatic nitrogens is 4. The third-order valence-corrected chi connectivity index (χ3v) is 5.52. The summed E-state index contributed by atoms with van der Waals surface area (Å²) in [4.78, 5) is 17.2. The lowest BCUT2D eigenvalue weighted by atomic mass is 10.1. The van der Waals surface area contributed by atoms with Crippen LogP contribution in [-0.2, 0) is 6.42 Å². The van der Waals surface area contributed by atoms with Crippen molar-refractivity contribution >= 4 is 11.6 Å². The van der Waals surface area contributed by atoms with Gasteiger partial charge in [0.05, 0.1) is 16.9 Å². The van der Waals surface area contributed by atoms with Crippen LogP contribution in [0.25, 0.3) is 17.1 Å². The van der Waals surface area contributed by atoms with E-state index in [0.29, 0.717) is 23.0 Å². The zero-order valence-electron chi connectivity index (χ0n) is 17.5. The van der Waals surface area contributed by atoms with Crippen LogP contribution in [0.15, 0.2) is 59.3 Å². The Labute approximate surface area is 180 Å². The summed E-state index contributed by atoms with van der Waals surface area (Å²) in [6, 6.07) is 15.6. The first kappa shape index (κ1) is 19.2. The smallest absolute Gasteiger partial charge is 0.259 e. The van der Waals surface area contributed by atoms with Crippen molar-refractivity contribution in [2.24, 2.45) is 0 Å². The molecule has 1 fully saturated rings. The van der Waals surface area contributed by atoms with Gasteiger partial charge < -0.3 is 9.84 Å². The molecule has 2 aromatic carbocycles. The van der Waals surface area contributed by atoms with E-state index in [2.05, 4.69) is 27.5 Å². The van der Waals surface area contributed by atoms with E-state index in [9.17, 15) is 4.79 Å². The third kappa shape index (κ3) is 3.99. The first-order valence-corrected chi connectivity index (χ1v) is 10.5. The lowest BCUT2D eigenvalue weighted by Gasteiger charge is -2.05. The number of amides is 1. The summed E-state index contributed by atoms with van der Waals surface area (Å²) in [5, 5.41) is 11.5. The van der Waals surface area contributed by atoms with Gasteiger partial charge >= 0.3 is 0 Å². The van der Waals surface area contributed by atoms with Gasteiger partial charge in [-0.05, 0) is 68.1 Å². The zero-order valence-corrected chi connectivity index (χ0v) is 17.5. The molecule has 2 aromatic heterocycles. The fraction of sp³-hybridized carbons (Fsp3) is 0.250. The van der Waals surface area contributed by atoms with Crippen LogP contribution in [0.3, 0.4) is 0 Å². The number of carbonyl (C=O) groups is 1. The second kappa shape index (κ2) is 7.83. The predicted molar refractivity (Wildman–Crippen MR) is 117 cm³/mol. The molecule has 1 N–H and O–H groups in total. The maximum Gasteiger partial charge on any atom is 0.259 e. The Balaban J connectivity index is 1.32. The third-order valence-electron chi connectivity index (χ3n) is 5.52. The van der Waals surface area contributed by atoms with E-state index in [1.807, 2.05) is 55.5 Å². The summed E-state index contributed by atoms with van der Waals surface area (Å²) in [5.41, 5.74) is 4.94. The van der Waals surface area contributed by atoms with Crippen LogP contribution < -0.4 is 5.32 Å². The number of carbonyl (C=O) groups excluding carboxylic acids is 1. The molecular formula is C24H23N5O2. The minimum absolute atomic E-state index is 0.177. The van der Waals surface area contributed by atoms with E-state index >= 15 is 0 Å². The van der Waals surface area contributed by atoms with Gasteiger partial charge in [-0.15, -0.1) is 0 Å². The molecule has 5 rings (SSSR count). The van der Waals surface area contributed by atoms with Crippen LogP contribution in [0.5, 0.6) is 0 Å². The lowest BCUT2D eigenvalue weighted by molar-refractivity contribution is 0.102. The second-order valence-electron chi connectivity index (χ2n) is 7.85. The highest BCUT2D eigenvalue weighted by Crippen LogP contribution is 2.39. The van der Waals surface area contributed by atoms with Crippen LogP contribution in [-0.4, -0.2) is 25.8 Å². The Bertz CT molecular complexity index is 1220. The highest BCUT2D eigenvalue weighted by Gasteiger charge is 2.29. The molecule has 2 heterocycles. The molecular weight excluding hydrogens is 390 g/mol. The van der Waals surface area contributed by atoms with Crippen LogP contribution in [0.2, 0.25) is 0 Å². The fourth-order valence-corrected chi connectivity index (χ4v) is 3.45. The molecule has 0 atom stereocenters. The number of nitrogens with one attached hydrogen (secondary N) is 1. The van der Waals surface area contributed by atoms with E-state index in [1.54, 1.807) is 10.9 Å². The highest BCUT2D eigenvalue weighted by atomic mass is 16.5. The number of hydrogen-bond acceptors (Lipinski definition) is 5. The van der Waals surface area contributed by atoms with E-state index in [0.717, 1.165) is 42.1 Å². The summed E-state index contributed by atoms with van der Waals surface area (Å²) in [7, 11) is 0. The van der Waals surface area contributed by atoms with Gasteiger partial charge in [0, 0.05) is 23.4 Å². The zero-order chi connectivity index (χ0) is 21.4. The number of hydrogen-bond donors (Lipinski definition) is 1. The van der Waals surface area contributed by atoms with Gasteiger partial charge in [0.2, 0.25) is 11.7 Å². The average Bonchev–Trinajstić information content (AvgIpc) is 3.39. The summed E-state index contributed by atoms with van der Waals surface area (Å²) < 4.78 is 7.05. The molecule has 0 bridgehead atoms. The summed E-state index contributed by atoms with van der Waals surface area (Å²) in [6.07, 6.45) is 4.96. The Morgan fingerprint density at radius 2 is 1.87 bits per heavy atom. The van der Waals surface area contributed by atoms with E-state index in [4.69, 9.17) is 4.52 Å². The molecule has 31 heavy (non-hydrogen) atoms. The van der Waals surface area contributed by atoms with Gasteiger partial charge in [0.1, 0.15) is 0 Å². The van der Waals surface area contributed by atoms with E-state index in [1.165, 1.54) is 5.56 Å². The van der Waals surface area contributed by atoms with Crippen molar-refractivity contribution in [3.05, 3.63) is 77.4 Å². The predicted octanol–water partition coefficient (Wildman–Crippen LogP) is 4.92. The standard InChI is InChI=1S/C24H23N5O2/c1-3-16-4-10-19(11-5-16)25-23(30)21-14-29(27-15(21)2)20-12-8-17(9-13-20)22-26-24(31-28-22)18-6-7-18/h4-5,8-14,18H,3,6-7H2,1-2H3,(H,25,30). The average molecular weight is 413 g/mol. The van der Waals surface area contributed by atoms with E-state index < -0.39 is 0 Å². The molecule has 0 spiro atoms. The van der Waals surface area contributed by atoms with Gasteiger partial charge in [0.15, 0.2) is 0 Å². The van der Waals surface area contributed by atoms with Gasteiger partial charge in [-0.1, -0.05) is 24.2 Å². The number of rotatable bonds is 6. The maximum absolute atomic E-state index is 12.7. The van der Waals surface area contributed by atoms with Crippen LogP contribution in [0.1, 0.15) is 53.2 Å². The highest BCUT2D eigenvalue weighted by molar-refractivity contribution is 6.04. The molecule has 0 radical (unpaired) electrons. The second-order valence-corrected chi connectivity index (χ2v) is 7.85. The van der Waals surface area contributed by atoms with Crippen molar-refractivity contribution in [3.63, 3.8) is 0 Å². The SMILES string of the molecule is CCc1ccc(NC(=O)c2cn(-c3ccc(-c4noc(C5CC5)n4)cc3)nc2C)cc1. The number of benzene rings is 2. The Morgan fingerprint density at radius 1 is 1.13 bits per heavy atom. The van der Waals surface area contributed by atoms with Crippen molar-refractivity contribution in [1.29, 1.82) is 0 Å². The number of nitrogens with zero attached hydrogens (tertiary/aromatic N) is 4.